The summed E-state index contributed by atoms with van der Waals surface area (Å²) in [5, 5.41) is 2.22. The number of nitrogens with zero attached hydrogens (tertiary/aromatic N) is 4. The number of hydrogen-bond acceptors (Lipinski definition) is 5. The molecule has 0 saturated heterocycles. The molecule has 0 saturated carbocycles. The molecule has 286 valence electrons. The molecule has 0 aliphatic rings. The van der Waals surface area contributed by atoms with Gasteiger partial charge >= 0.3 is 0 Å². The first-order chi connectivity index (χ1) is 30.2. The fourth-order valence-electron chi connectivity index (χ4n) is 7.99. The predicted molar refractivity (Wildman–Crippen MR) is 248 cm³/mol. The molecule has 11 aromatic rings. The van der Waals surface area contributed by atoms with Gasteiger partial charge in [-0.2, -0.15) is 0 Å². The van der Waals surface area contributed by atoms with Gasteiger partial charge in [0.1, 0.15) is 11.2 Å². The molecule has 0 atom stereocenters. The Bertz CT molecular complexity index is 3070. The Labute approximate surface area is 353 Å². The maximum absolute atomic E-state index is 6.12. The number of para-hydroxylation sites is 1. The van der Waals surface area contributed by atoms with E-state index in [0.717, 1.165) is 100 Å². The molecule has 0 amide bonds. The van der Waals surface area contributed by atoms with Crippen molar-refractivity contribution in [3.63, 3.8) is 0 Å². The van der Waals surface area contributed by atoms with Crippen molar-refractivity contribution < 1.29 is 4.42 Å². The smallest absolute Gasteiger partial charge is 0.160 e. The lowest BCUT2D eigenvalue weighted by Crippen LogP contribution is -1.99. The number of fused-ring (bicyclic) bond motifs is 3. The highest BCUT2D eigenvalue weighted by Crippen LogP contribution is 2.37. The van der Waals surface area contributed by atoms with Crippen molar-refractivity contribution in [3.8, 4) is 90.1 Å². The van der Waals surface area contributed by atoms with Crippen LogP contribution in [0.2, 0.25) is 0 Å². The van der Waals surface area contributed by atoms with E-state index in [4.69, 9.17) is 24.4 Å². The van der Waals surface area contributed by atoms with Gasteiger partial charge in [-0.25, -0.2) is 19.9 Å². The summed E-state index contributed by atoms with van der Waals surface area (Å²) in [6.07, 6.45) is 0. The van der Waals surface area contributed by atoms with Crippen molar-refractivity contribution in [1.29, 1.82) is 0 Å². The molecule has 3 heterocycles. The third-order valence-corrected chi connectivity index (χ3v) is 11.1. The molecule has 5 nitrogen and oxygen atoms in total. The molecule has 0 aliphatic heterocycles. The van der Waals surface area contributed by atoms with Crippen molar-refractivity contribution in [2.24, 2.45) is 0 Å². The number of aromatic nitrogens is 4. The van der Waals surface area contributed by atoms with Gasteiger partial charge in [0.25, 0.3) is 0 Å². The first-order valence-corrected chi connectivity index (χ1v) is 20.4. The first kappa shape index (κ1) is 35.8. The largest absolute Gasteiger partial charge is 0.456 e. The fraction of sp³-hybridized carbons (Fsp3) is 0. The molecule has 0 spiro atoms. The second-order valence-corrected chi connectivity index (χ2v) is 15.1. The maximum Gasteiger partial charge on any atom is 0.160 e. The van der Waals surface area contributed by atoms with Gasteiger partial charge in [-0.3, -0.25) is 0 Å². The molecule has 0 unspecified atom stereocenters. The summed E-state index contributed by atoms with van der Waals surface area (Å²) in [6, 6.07) is 75.1. The summed E-state index contributed by atoms with van der Waals surface area (Å²) < 4.78 is 6.12. The number of furan rings is 1. The van der Waals surface area contributed by atoms with Crippen molar-refractivity contribution in [3.05, 3.63) is 218 Å². The molecule has 0 aliphatic carbocycles. The van der Waals surface area contributed by atoms with Crippen LogP contribution in [-0.2, 0) is 0 Å². The molecule has 61 heavy (non-hydrogen) atoms. The average molecular weight is 781 g/mol. The minimum Gasteiger partial charge on any atom is -0.456 e. The van der Waals surface area contributed by atoms with E-state index in [1.807, 2.05) is 84.9 Å². The van der Waals surface area contributed by atoms with Crippen molar-refractivity contribution in [2.45, 2.75) is 0 Å². The molecule has 0 N–H and O–H groups in total. The van der Waals surface area contributed by atoms with Gasteiger partial charge in [0, 0.05) is 44.2 Å². The van der Waals surface area contributed by atoms with Crippen molar-refractivity contribution in [2.75, 3.05) is 0 Å². The van der Waals surface area contributed by atoms with Crippen LogP contribution >= 0.6 is 0 Å². The summed E-state index contributed by atoms with van der Waals surface area (Å²) in [7, 11) is 0. The molecular formula is C56H36N4O. The van der Waals surface area contributed by atoms with Gasteiger partial charge in [0.2, 0.25) is 0 Å². The summed E-state index contributed by atoms with van der Waals surface area (Å²) in [5.74, 6) is 1.23. The van der Waals surface area contributed by atoms with Crippen LogP contribution in [-0.4, -0.2) is 19.9 Å². The summed E-state index contributed by atoms with van der Waals surface area (Å²) in [6.45, 7) is 0. The van der Waals surface area contributed by atoms with Crippen LogP contribution in [0.5, 0.6) is 0 Å². The number of hydrogen-bond donors (Lipinski definition) is 0. The Balaban J connectivity index is 1.09. The predicted octanol–water partition coefficient (Wildman–Crippen LogP) is 14.5. The fourth-order valence-corrected chi connectivity index (χ4v) is 7.99. The second-order valence-electron chi connectivity index (χ2n) is 15.1. The van der Waals surface area contributed by atoms with Crippen LogP contribution < -0.4 is 0 Å². The lowest BCUT2D eigenvalue weighted by atomic mass is 9.96. The van der Waals surface area contributed by atoms with E-state index in [-0.39, 0.29) is 0 Å². The Morgan fingerprint density at radius 3 is 1.05 bits per heavy atom. The minimum atomic E-state index is 0.614. The summed E-state index contributed by atoms with van der Waals surface area (Å²) in [5.41, 5.74) is 15.2. The number of benzene rings is 8. The Kier molecular flexibility index (Phi) is 9.10. The highest BCUT2D eigenvalue weighted by atomic mass is 16.3. The van der Waals surface area contributed by atoms with Crippen LogP contribution in [0.4, 0.5) is 0 Å². The van der Waals surface area contributed by atoms with E-state index < -0.39 is 0 Å². The lowest BCUT2D eigenvalue weighted by Gasteiger charge is -2.14. The SMILES string of the molecule is c1ccc(-c2cc(-c3ccccc3)nc(-c3cc(-c4ccc(-c5ccc6oc7ccccc7c6c5)cc4)cc(-c4nc(-c5ccccc5)cc(-c5ccccc5)n4)c3)n2)cc1. The summed E-state index contributed by atoms with van der Waals surface area (Å²) in [4.78, 5) is 20.9. The third-order valence-electron chi connectivity index (χ3n) is 11.1. The van der Waals surface area contributed by atoms with Gasteiger partial charge in [-0.15, -0.1) is 0 Å². The zero-order valence-electron chi connectivity index (χ0n) is 33.0. The molecular weight excluding hydrogens is 745 g/mol. The zero-order chi connectivity index (χ0) is 40.5. The van der Waals surface area contributed by atoms with Gasteiger partial charge in [-0.1, -0.05) is 170 Å². The van der Waals surface area contributed by atoms with Crippen molar-refractivity contribution in [1.82, 2.24) is 19.9 Å². The van der Waals surface area contributed by atoms with Crippen LogP contribution in [0, 0.1) is 0 Å². The normalized spacial score (nSPS) is 11.3. The topological polar surface area (TPSA) is 64.7 Å². The zero-order valence-corrected chi connectivity index (χ0v) is 33.0. The van der Waals surface area contributed by atoms with Gasteiger partial charge < -0.3 is 4.42 Å². The van der Waals surface area contributed by atoms with Gasteiger partial charge in [0.15, 0.2) is 11.6 Å². The van der Waals surface area contributed by atoms with Crippen LogP contribution in [0.25, 0.3) is 112 Å². The quantitative estimate of drug-likeness (QED) is 0.154. The minimum absolute atomic E-state index is 0.614. The molecule has 0 fully saturated rings. The molecule has 0 bridgehead atoms. The van der Waals surface area contributed by atoms with Gasteiger partial charge in [-0.05, 0) is 70.8 Å². The molecule has 8 aromatic carbocycles. The van der Waals surface area contributed by atoms with Crippen LogP contribution in [0.1, 0.15) is 0 Å². The van der Waals surface area contributed by atoms with E-state index in [1.165, 1.54) is 0 Å². The van der Waals surface area contributed by atoms with E-state index in [2.05, 4.69) is 133 Å². The highest BCUT2D eigenvalue weighted by molar-refractivity contribution is 6.06. The highest BCUT2D eigenvalue weighted by Gasteiger charge is 2.17. The monoisotopic (exact) mass is 780 g/mol. The third kappa shape index (κ3) is 7.15. The van der Waals surface area contributed by atoms with E-state index in [1.54, 1.807) is 0 Å². The Morgan fingerprint density at radius 1 is 0.230 bits per heavy atom. The average Bonchev–Trinajstić information content (AvgIpc) is 3.73. The lowest BCUT2D eigenvalue weighted by molar-refractivity contribution is 0.669. The van der Waals surface area contributed by atoms with Gasteiger partial charge in [0.05, 0.1) is 22.8 Å². The van der Waals surface area contributed by atoms with E-state index in [0.29, 0.717) is 11.6 Å². The van der Waals surface area contributed by atoms with Crippen LogP contribution in [0.15, 0.2) is 223 Å². The standard InChI is InChI=1S/C56H36N4O/c1-5-15-39(16-6-1)49-35-50(40-17-7-2-8-18-40)58-55(57-49)45-31-44(38-27-25-37(26-28-38)43-29-30-54-48(34-43)47-23-13-14-24-53(47)61-54)32-46(33-45)56-59-51(41-19-9-3-10-20-41)36-52(60-56)42-21-11-4-12-22-42/h1-36H. The van der Waals surface area contributed by atoms with Crippen LogP contribution in [0.3, 0.4) is 0 Å². The van der Waals surface area contributed by atoms with E-state index >= 15 is 0 Å². The Hall–Kier alpha value is -8.28. The second kappa shape index (κ2) is 15.5. The first-order valence-electron chi connectivity index (χ1n) is 20.4. The molecule has 11 rings (SSSR count). The Morgan fingerprint density at radius 2 is 0.590 bits per heavy atom. The number of rotatable bonds is 8. The molecule has 0 radical (unpaired) electrons. The molecule has 3 aromatic heterocycles. The van der Waals surface area contributed by atoms with E-state index in [9.17, 15) is 0 Å². The maximum atomic E-state index is 6.12. The van der Waals surface area contributed by atoms with Crippen molar-refractivity contribution >= 4 is 21.9 Å². The molecule has 5 heteroatoms. The summed E-state index contributed by atoms with van der Waals surface area (Å²) >= 11 is 0.